The number of rotatable bonds is 8. The second-order valence-electron chi connectivity index (χ2n) is 6.31. The Labute approximate surface area is 166 Å². The van der Waals surface area contributed by atoms with Crippen molar-refractivity contribution in [2.45, 2.75) is 36.9 Å². The van der Waals surface area contributed by atoms with E-state index in [9.17, 15) is 19.7 Å². The van der Waals surface area contributed by atoms with Crippen LogP contribution in [0.1, 0.15) is 31.1 Å². The molecule has 10 nitrogen and oxygen atoms in total. The van der Waals surface area contributed by atoms with Crippen molar-refractivity contribution >= 4 is 29.3 Å². The number of carbonyl (C=O) groups excluding carboxylic acids is 2. The number of carbonyl (C=O) groups is 2. The Morgan fingerprint density at radius 3 is 2.64 bits per heavy atom. The second-order valence-corrected chi connectivity index (χ2v) is 7.32. The lowest BCUT2D eigenvalue weighted by Crippen LogP contribution is -2.42. The minimum absolute atomic E-state index is 0.0423. The van der Waals surface area contributed by atoms with Crippen LogP contribution in [0.4, 0.5) is 5.69 Å². The van der Waals surface area contributed by atoms with E-state index >= 15 is 0 Å². The molecule has 150 valence electrons. The molecule has 1 aromatic carbocycles. The first-order valence-corrected chi connectivity index (χ1v) is 9.43. The van der Waals surface area contributed by atoms with Crippen molar-refractivity contribution < 1.29 is 14.5 Å². The molecule has 2 rings (SSSR count). The Morgan fingerprint density at radius 2 is 2.11 bits per heavy atom. The summed E-state index contributed by atoms with van der Waals surface area (Å²) in [6.07, 6.45) is 1.49. The number of nitro benzene ring substituents is 1. The molecule has 0 aliphatic carbocycles. The van der Waals surface area contributed by atoms with Gasteiger partial charge >= 0.3 is 0 Å². The molecule has 0 atom stereocenters. The van der Waals surface area contributed by atoms with Gasteiger partial charge in [0.25, 0.3) is 11.6 Å². The summed E-state index contributed by atoms with van der Waals surface area (Å²) >= 11 is 1.09. The van der Waals surface area contributed by atoms with Crippen molar-refractivity contribution in [2.75, 3.05) is 13.1 Å². The zero-order valence-electron chi connectivity index (χ0n) is 16.1. The summed E-state index contributed by atoms with van der Waals surface area (Å²) in [6, 6.07) is 4.20. The van der Waals surface area contributed by atoms with E-state index in [-0.39, 0.29) is 29.7 Å². The van der Waals surface area contributed by atoms with Crippen molar-refractivity contribution in [3.8, 4) is 0 Å². The summed E-state index contributed by atoms with van der Waals surface area (Å²) < 4.78 is 1.64. The van der Waals surface area contributed by atoms with Gasteiger partial charge < -0.3 is 14.8 Å². The fourth-order valence-corrected chi connectivity index (χ4v) is 3.24. The predicted molar refractivity (Wildman–Crippen MR) is 103 cm³/mol. The predicted octanol–water partition coefficient (Wildman–Crippen LogP) is 1.86. The second kappa shape index (κ2) is 9.31. The SMILES string of the molecule is CCN(CC(=O)NC(C)C)C(=O)c1ccc(Sc2nncn2C)c([N+](=O)[O-])c1. The van der Waals surface area contributed by atoms with Gasteiger partial charge in [-0.05, 0) is 44.7 Å². The van der Waals surface area contributed by atoms with Gasteiger partial charge in [-0.2, -0.15) is 0 Å². The number of likely N-dealkylation sites (N-methyl/N-ethyl adjacent to an activating group) is 1. The minimum Gasteiger partial charge on any atom is -0.352 e. The van der Waals surface area contributed by atoms with Gasteiger partial charge in [0.2, 0.25) is 5.91 Å². The third kappa shape index (κ3) is 5.28. The fraction of sp³-hybridized carbons (Fsp3) is 0.412. The molecule has 1 heterocycles. The quantitative estimate of drug-likeness (QED) is 0.524. The van der Waals surface area contributed by atoms with Crippen LogP contribution in [0.15, 0.2) is 34.6 Å². The molecule has 0 radical (unpaired) electrons. The number of hydrogen-bond acceptors (Lipinski definition) is 7. The molecule has 0 saturated heterocycles. The first kappa shape index (κ1) is 21.4. The lowest BCUT2D eigenvalue weighted by Gasteiger charge is -2.21. The Bertz CT molecular complexity index is 882. The first-order valence-electron chi connectivity index (χ1n) is 8.61. The van der Waals surface area contributed by atoms with Crippen molar-refractivity contribution in [1.82, 2.24) is 25.0 Å². The first-order chi connectivity index (χ1) is 13.2. The van der Waals surface area contributed by atoms with Crippen LogP contribution in [0.25, 0.3) is 0 Å². The molecule has 2 aromatic rings. The number of benzene rings is 1. The van der Waals surface area contributed by atoms with Crippen LogP contribution < -0.4 is 5.32 Å². The normalized spacial score (nSPS) is 10.8. The average molecular weight is 406 g/mol. The third-order valence-electron chi connectivity index (χ3n) is 3.73. The molecule has 1 N–H and O–H groups in total. The molecule has 0 unspecified atom stereocenters. The van der Waals surface area contributed by atoms with Crippen molar-refractivity contribution in [2.24, 2.45) is 7.05 Å². The Balaban J connectivity index is 2.26. The van der Waals surface area contributed by atoms with Gasteiger partial charge in [0, 0.05) is 31.3 Å². The van der Waals surface area contributed by atoms with Crippen LogP contribution in [-0.4, -0.2) is 55.5 Å². The van der Waals surface area contributed by atoms with E-state index in [1.54, 1.807) is 18.5 Å². The molecule has 0 bridgehead atoms. The largest absolute Gasteiger partial charge is 0.352 e. The van der Waals surface area contributed by atoms with Gasteiger partial charge in [-0.1, -0.05) is 0 Å². The molecule has 28 heavy (non-hydrogen) atoms. The van der Waals surface area contributed by atoms with Gasteiger partial charge in [-0.15, -0.1) is 10.2 Å². The molecular formula is C17H22N6O4S. The van der Waals surface area contributed by atoms with Crippen LogP contribution in [0.3, 0.4) is 0 Å². The van der Waals surface area contributed by atoms with Crippen molar-refractivity contribution in [3.05, 3.63) is 40.2 Å². The van der Waals surface area contributed by atoms with Gasteiger partial charge in [-0.3, -0.25) is 19.7 Å². The van der Waals surface area contributed by atoms with Gasteiger partial charge in [-0.25, -0.2) is 0 Å². The van der Waals surface area contributed by atoms with Gasteiger partial charge in [0.05, 0.1) is 16.4 Å². The number of hydrogen-bond donors (Lipinski definition) is 1. The summed E-state index contributed by atoms with van der Waals surface area (Å²) in [7, 11) is 1.73. The van der Waals surface area contributed by atoms with Crippen LogP contribution >= 0.6 is 11.8 Å². The molecular weight excluding hydrogens is 384 g/mol. The van der Waals surface area contributed by atoms with Crippen molar-refractivity contribution in [3.63, 3.8) is 0 Å². The van der Waals surface area contributed by atoms with Crippen LogP contribution in [-0.2, 0) is 11.8 Å². The Morgan fingerprint density at radius 1 is 1.39 bits per heavy atom. The van der Waals surface area contributed by atoms with E-state index in [0.717, 1.165) is 11.8 Å². The van der Waals surface area contributed by atoms with E-state index in [2.05, 4.69) is 15.5 Å². The monoisotopic (exact) mass is 406 g/mol. The number of aryl methyl sites for hydroxylation is 1. The maximum atomic E-state index is 12.7. The summed E-state index contributed by atoms with van der Waals surface area (Å²) in [6.45, 7) is 5.58. The van der Waals surface area contributed by atoms with Gasteiger partial charge in [0.1, 0.15) is 6.33 Å². The van der Waals surface area contributed by atoms with Crippen LogP contribution in [0.2, 0.25) is 0 Å². The lowest BCUT2D eigenvalue weighted by molar-refractivity contribution is -0.387. The molecule has 1 aromatic heterocycles. The smallest absolute Gasteiger partial charge is 0.284 e. The van der Waals surface area contributed by atoms with E-state index in [1.165, 1.54) is 29.4 Å². The number of nitrogens with zero attached hydrogens (tertiary/aromatic N) is 5. The summed E-state index contributed by atoms with van der Waals surface area (Å²) in [5.74, 6) is -0.728. The molecule has 0 fully saturated rings. The molecule has 0 aliphatic rings. The van der Waals surface area contributed by atoms with E-state index in [1.807, 2.05) is 13.8 Å². The molecule has 0 saturated carbocycles. The Kier molecular flexibility index (Phi) is 7.10. The summed E-state index contributed by atoms with van der Waals surface area (Å²) in [4.78, 5) is 37.4. The highest BCUT2D eigenvalue weighted by molar-refractivity contribution is 7.99. The zero-order chi connectivity index (χ0) is 20.8. The molecule has 11 heteroatoms. The highest BCUT2D eigenvalue weighted by Gasteiger charge is 2.23. The number of nitro groups is 1. The highest BCUT2D eigenvalue weighted by Crippen LogP contribution is 2.34. The lowest BCUT2D eigenvalue weighted by atomic mass is 10.1. The number of aromatic nitrogens is 3. The van der Waals surface area contributed by atoms with Crippen LogP contribution in [0.5, 0.6) is 0 Å². The average Bonchev–Trinajstić information content (AvgIpc) is 3.03. The van der Waals surface area contributed by atoms with Crippen LogP contribution in [0, 0.1) is 10.1 Å². The topological polar surface area (TPSA) is 123 Å². The maximum absolute atomic E-state index is 12.7. The molecule has 0 spiro atoms. The molecule has 0 aliphatic heterocycles. The molecule has 2 amide bonds. The van der Waals surface area contributed by atoms with E-state index in [0.29, 0.717) is 16.6 Å². The summed E-state index contributed by atoms with van der Waals surface area (Å²) in [5.41, 5.74) is -0.0604. The van der Waals surface area contributed by atoms with Gasteiger partial charge in [0.15, 0.2) is 5.16 Å². The standard InChI is InChI=1S/C17H22N6O4S/c1-5-22(9-15(24)19-11(2)3)16(25)12-6-7-14(13(8-12)23(26)27)28-17-20-18-10-21(17)4/h6-8,10-11H,5,9H2,1-4H3,(H,19,24). The van der Waals surface area contributed by atoms with E-state index < -0.39 is 10.8 Å². The Hall–Kier alpha value is -2.95. The fourth-order valence-electron chi connectivity index (χ4n) is 2.39. The summed E-state index contributed by atoms with van der Waals surface area (Å²) in [5, 5.41) is 22.4. The number of amides is 2. The zero-order valence-corrected chi connectivity index (χ0v) is 16.9. The van der Waals surface area contributed by atoms with Crippen molar-refractivity contribution in [1.29, 1.82) is 0 Å². The van der Waals surface area contributed by atoms with E-state index in [4.69, 9.17) is 0 Å². The highest BCUT2D eigenvalue weighted by atomic mass is 32.2. The number of nitrogens with one attached hydrogen (secondary N) is 1. The maximum Gasteiger partial charge on any atom is 0.284 e. The minimum atomic E-state index is -0.544. The third-order valence-corrected chi connectivity index (χ3v) is 4.84.